The number of methoxy groups -OCH3 is 2. The number of anilines is 1. The van der Waals surface area contributed by atoms with Crippen molar-refractivity contribution >= 4 is 21.6 Å². The minimum atomic E-state index is -0.555. The Morgan fingerprint density at radius 1 is 1.16 bits per heavy atom. The number of benzene rings is 1. The lowest BCUT2D eigenvalue weighted by Gasteiger charge is -2.20. The summed E-state index contributed by atoms with van der Waals surface area (Å²) in [7, 11) is 3.14. The Balaban J connectivity index is 2.28. The van der Waals surface area contributed by atoms with Crippen molar-refractivity contribution in [2.24, 2.45) is 0 Å². The zero-order valence-electron chi connectivity index (χ0n) is 10.8. The van der Waals surface area contributed by atoms with E-state index in [1.54, 1.807) is 19.1 Å². The van der Waals surface area contributed by atoms with Crippen molar-refractivity contribution < 1.29 is 18.3 Å². The Hall–Kier alpha value is -0.720. The van der Waals surface area contributed by atoms with Gasteiger partial charge in [0.2, 0.25) is 0 Å². The minimum absolute atomic E-state index is 0.00806. The molecule has 6 heteroatoms. The third-order valence-electron chi connectivity index (χ3n) is 3.37. The monoisotopic (exact) mass is 335 g/mol. The van der Waals surface area contributed by atoms with Gasteiger partial charge in [-0.2, -0.15) is 0 Å². The van der Waals surface area contributed by atoms with Crippen molar-refractivity contribution in [2.45, 2.75) is 17.5 Å². The standard InChI is InChI=1S/C13H16BrF2NO2/c1-18-11-6-17(7-12(11)19-2)13-9(15)3-8(5-14)4-10(13)16/h3-4,11-12H,5-7H2,1-2H3. The predicted octanol–water partition coefficient (Wildman–Crippen LogP) is 2.71. The molecule has 1 aliphatic heterocycles. The largest absolute Gasteiger partial charge is 0.377 e. The first-order chi connectivity index (χ1) is 9.10. The zero-order valence-corrected chi connectivity index (χ0v) is 12.4. The van der Waals surface area contributed by atoms with Gasteiger partial charge < -0.3 is 14.4 Å². The first kappa shape index (κ1) is 14.7. The summed E-state index contributed by atoms with van der Waals surface area (Å²) in [5, 5.41) is 0.419. The molecule has 0 saturated carbocycles. The molecule has 1 fully saturated rings. The van der Waals surface area contributed by atoms with E-state index in [4.69, 9.17) is 9.47 Å². The molecule has 106 valence electrons. The molecule has 3 nitrogen and oxygen atoms in total. The summed E-state index contributed by atoms with van der Waals surface area (Å²) >= 11 is 3.19. The Bertz CT molecular complexity index is 423. The van der Waals surface area contributed by atoms with Crippen LogP contribution in [0.3, 0.4) is 0 Å². The molecule has 1 aromatic rings. The molecule has 0 N–H and O–H groups in total. The molecule has 0 radical (unpaired) electrons. The second-order valence-electron chi connectivity index (χ2n) is 4.49. The molecule has 2 rings (SSSR count). The van der Waals surface area contributed by atoms with Crippen LogP contribution >= 0.6 is 15.9 Å². The van der Waals surface area contributed by atoms with E-state index >= 15 is 0 Å². The second kappa shape index (κ2) is 6.15. The minimum Gasteiger partial charge on any atom is -0.377 e. The molecule has 0 aromatic heterocycles. The van der Waals surface area contributed by atoms with Crippen molar-refractivity contribution in [1.29, 1.82) is 0 Å². The van der Waals surface area contributed by atoms with Crippen LogP contribution in [0.1, 0.15) is 5.56 Å². The molecular weight excluding hydrogens is 320 g/mol. The predicted molar refractivity (Wildman–Crippen MR) is 72.8 cm³/mol. The number of halogens is 3. The van der Waals surface area contributed by atoms with Gasteiger partial charge in [0, 0.05) is 32.6 Å². The number of rotatable bonds is 4. The van der Waals surface area contributed by atoms with Crippen LogP contribution in [0.4, 0.5) is 14.5 Å². The molecule has 2 unspecified atom stereocenters. The number of hydrogen-bond acceptors (Lipinski definition) is 3. The van der Waals surface area contributed by atoms with Gasteiger partial charge in [0.15, 0.2) is 0 Å². The van der Waals surface area contributed by atoms with Gasteiger partial charge in [0.25, 0.3) is 0 Å². The van der Waals surface area contributed by atoms with Crippen molar-refractivity contribution in [3.05, 3.63) is 29.3 Å². The first-order valence-electron chi connectivity index (χ1n) is 5.95. The molecule has 2 atom stereocenters. The van der Waals surface area contributed by atoms with Crippen LogP contribution in [-0.4, -0.2) is 39.5 Å². The zero-order chi connectivity index (χ0) is 14.0. The van der Waals surface area contributed by atoms with Gasteiger partial charge in [-0.3, -0.25) is 0 Å². The van der Waals surface area contributed by atoms with Gasteiger partial charge in [0.1, 0.15) is 29.5 Å². The van der Waals surface area contributed by atoms with Gasteiger partial charge in [-0.25, -0.2) is 8.78 Å². The van der Waals surface area contributed by atoms with Crippen LogP contribution in [0.5, 0.6) is 0 Å². The van der Waals surface area contributed by atoms with Crippen LogP contribution in [-0.2, 0) is 14.8 Å². The molecule has 1 aliphatic rings. The van der Waals surface area contributed by atoms with Crippen LogP contribution in [0, 0.1) is 11.6 Å². The third-order valence-corrected chi connectivity index (χ3v) is 4.02. The van der Waals surface area contributed by atoms with E-state index in [9.17, 15) is 8.78 Å². The number of hydrogen-bond donors (Lipinski definition) is 0. The van der Waals surface area contributed by atoms with Crippen molar-refractivity contribution in [3.8, 4) is 0 Å². The Labute approximate surface area is 119 Å². The summed E-state index contributed by atoms with van der Waals surface area (Å²) in [5.74, 6) is -1.11. The Kier molecular flexibility index (Phi) is 4.76. The van der Waals surface area contributed by atoms with Crippen LogP contribution in [0.2, 0.25) is 0 Å². The van der Waals surface area contributed by atoms with E-state index in [0.29, 0.717) is 24.0 Å². The van der Waals surface area contributed by atoms with E-state index < -0.39 is 11.6 Å². The quantitative estimate of drug-likeness (QED) is 0.790. The first-order valence-corrected chi connectivity index (χ1v) is 7.07. The highest BCUT2D eigenvalue weighted by Crippen LogP contribution is 2.30. The van der Waals surface area contributed by atoms with E-state index in [1.807, 2.05) is 0 Å². The lowest BCUT2D eigenvalue weighted by molar-refractivity contribution is -0.00461. The van der Waals surface area contributed by atoms with Gasteiger partial charge in [0.05, 0.1) is 0 Å². The molecule has 0 spiro atoms. The molecule has 1 heterocycles. The summed E-state index contributed by atoms with van der Waals surface area (Å²) in [6.07, 6.45) is -0.362. The van der Waals surface area contributed by atoms with E-state index in [-0.39, 0.29) is 17.9 Å². The van der Waals surface area contributed by atoms with E-state index in [0.717, 1.165) is 0 Å². The van der Waals surface area contributed by atoms with Gasteiger partial charge in [-0.15, -0.1) is 0 Å². The molecule has 0 aliphatic carbocycles. The lowest BCUT2D eigenvalue weighted by Crippen LogP contribution is -2.27. The Morgan fingerprint density at radius 3 is 2.00 bits per heavy atom. The van der Waals surface area contributed by atoms with Crippen LogP contribution in [0.15, 0.2) is 12.1 Å². The molecule has 1 aromatic carbocycles. The topological polar surface area (TPSA) is 21.7 Å². The summed E-state index contributed by atoms with van der Waals surface area (Å²) in [6, 6.07) is 2.68. The molecule has 1 saturated heterocycles. The van der Waals surface area contributed by atoms with Crippen LogP contribution in [0.25, 0.3) is 0 Å². The SMILES string of the molecule is COC1CN(c2c(F)cc(CBr)cc2F)CC1OC. The fourth-order valence-corrected chi connectivity index (χ4v) is 2.70. The summed E-state index contributed by atoms with van der Waals surface area (Å²) in [5.41, 5.74) is 0.566. The van der Waals surface area contributed by atoms with Crippen LogP contribution < -0.4 is 4.90 Å². The summed E-state index contributed by atoms with van der Waals surface area (Å²) in [6.45, 7) is 0.826. The number of nitrogens with zero attached hydrogens (tertiary/aromatic N) is 1. The number of alkyl halides is 1. The van der Waals surface area contributed by atoms with Gasteiger partial charge in [-0.1, -0.05) is 15.9 Å². The highest BCUT2D eigenvalue weighted by atomic mass is 79.9. The van der Waals surface area contributed by atoms with Gasteiger partial charge in [-0.05, 0) is 17.7 Å². The second-order valence-corrected chi connectivity index (χ2v) is 5.06. The smallest absolute Gasteiger partial charge is 0.149 e. The maximum Gasteiger partial charge on any atom is 0.149 e. The fourth-order valence-electron chi connectivity index (χ4n) is 2.38. The van der Waals surface area contributed by atoms with Crippen molar-refractivity contribution in [2.75, 3.05) is 32.2 Å². The average molecular weight is 336 g/mol. The van der Waals surface area contributed by atoms with Gasteiger partial charge >= 0.3 is 0 Å². The summed E-state index contributed by atoms with van der Waals surface area (Å²) in [4.78, 5) is 1.63. The van der Waals surface area contributed by atoms with Crippen molar-refractivity contribution in [1.82, 2.24) is 0 Å². The maximum atomic E-state index is 14.0. The highest BCUT2D eigenvalue weighted by molar-refractivity contribution is 9.08. The summed E-state index contributed by atoms with van der Waals surface area (Å²) < 4.78 is 38.6. The van der Waals surface area contributed by atoms with Crippen molar-refractivity contribution in [3.63, 3.8) is 0 Å². The average Bonchev–Trinajstić information content (AvgIpc) is 2.80. The Morgan fingerprint density at radius 2 is 1.63 bits per heavy atom. The van der Waals surface area contributed by atoms with E-state index in [1.165, 1.54) is 12.1 Å². The highest BCUT2D eigenvalue weighted by Gasteiger charge is 2.35. The molecule has 0 amide bonds. The number of ether oxygens (including phenoxy) is 2. The fraction of sp³-hybridized carbons (Fsp3) is 0.538. The lowest BCUT2D eigenvalue weighted by atomic mass is 10.2. The van der Waals surface area contributed by atoms with E-state index in [2.05, 4.69) is 15.9 Å². The third kappa shape index (κ3) is 2.90. The molecule has 0 bridgehead atoms. The molecular formula is C13H16BrF2NO2. The maximum absolute atomic E-state index is 14.0. The molecule has 19 heavy (non-hydrogen) atoms. The normalized spacial score (nSPS) is 23.1.